The van der Waals surface area contributed by atoms with Gasteiger partial charge in [0.2, 0.25) is 0 Å². The van der Waals surface area contributed by atoms with Crippen LogP contribution in [0.15, 0.2) is 54.6 Å². The number of carbonyl (C=O) groups excluding carboxylic acids is 1. The fourth-order valence-electron chi connectivity index (χ4n) is 2.72. The van der Waals surface area contributed by atoms with Gasteiger partial charge in [-0.15, -0.1) is 0 Å². The Hall–Kier alpha value is -2.23. The summed E-state index contributed by atoms with van der Waals surface area (Å²) in [5.74, 6) is -1.52. The van der Waals surface area contributed by atoms with E-state index in [0.717, 1.165) is 0 Å². The molecule has 0 bridgehead atoms. The van der Waals surface area contributed by atoms with Crippen LogP contribution in [-0.4, -0.2) is 18.7 Å². The van der Waals surface area contributed by atoms with Crippen LogP contribution < -0.4 is 0 Å². The number of carbonyl (C=O) groups is 1. The average molecular weight is 318 g/mol. The zero-order valence-electron chi connectivity index (χ0n) is 13.4. The lowest BCUT2D eigenvalue weighted by Crippen LogP contribution is -2.28. The summed E-state index contributed by atoms with van der Waals surface area (Å²) >= 11 is 0. The SMILES string of the molecule is COC(=O)c1cccc([C@@H](F)[C@@H](c2ccccc2)C(C)(C)F)c1. The van der Waals surface area contributed by atoms with E-state index < -0.39 is 23.7 Å². The summed E-state index contributed by atoms with van der Waals surface area (Å²) in [6.45, 7) is 2.73. The molecule has 0 N–H and O–H groups in total. The summed E-state index contributed by atoms with van der Waals surface area (Å²) in [7, 11) is 1.26. The van der Waals surface area contributed by atoms with Gasteiger partial charge in [0.05, 0.1) is 18.6 Å². The molecule has 23 heavy (non-hydrogen) atoms. The van der Waals surface area contributed by atoms with Gasteiger partial charge >= 0.3 is 5.97 Å². The van der Waals surface area contributed by atoms with Gasteiger partial charge in [-0.3, -0.25) is 0 Å². The maximum Gasteiger partial charge on any atom is 0.337 e. The normalized spacial score (nSPS) is 14.1. The van der Waals surface area contributed by atoms with E-state index in [-0.39, 0.29) is 11.1 Å². The number of rotatable bonds is 5. The smallest absolute Gasteiger partial charge is 0.337 e. The summed E-state index contributed by atoms with van der Waals surface area (Å²) in [6.07, 6.45) is -1.58. The van der Waals surface area contributed by atoms with Gasteiger partial charge < -0.3 is 4.74 Å². The summed E-state index contributed by atoms with van der Waals surface area (Å²) in [6, 6.07) is 14.8. The van der Waals surface area contributed by atoms with E-state index in [9.17, 15) is 9.18 Å². The molecular formula is C19H20F2O2. The predicted molar refractivity (Wildman–Crippen MR) is 86.0 cm³/mol. The van der Waals surface area contributed by atoms with Crippen LogP contribution in [0.5, 0.6) is 0 Å². The second-order valence-electron chi connectivity index (χ2n) is 5.97. The topological polar surface area (TPSA) is 26.3 Å². The maximum absolute atomic E-state index is 15.1. The highest BCUT2D eigenvalue weighted by atomic mass is 19.2. The van der Waals surface area contributed by atoms with Crippen molar-refractivity contribution >= 4 is 5.97 Å². The van der Waals surface area contributed by atoms with Gasteiger partial charge in [0.15, 0.2) is 0 Å². The van der Waals surface area contributed by atoms with Crippen LogP contribution in [0.25, 0.3) is 0 Å². The molecule has 0 aliphatic carbocycles. The highest BCUT2D eigenvalue weighted by Gasteiger charge is 2.38. The number of esters is 1. The van der Waals surface area contributed by atoms with Gasteiger partial charge in [0.25, 0.3) is 0 Å². The summed E-state index contributed by atoms with van der Waals surface area (Å²) in [5, 5.41) is 0. The van der Waals surface area contributed by atoms with E-state index in [2.05, 4.69) is 4.74 Å². The van der Waals surface area contributed by atoms with Gasteiger partial charge in [-0.05, 0) is 37.1 Å². The first-order chi connectivity index (χ1) is 10.8. The van der Waals surface area contributed by atoms with Crippen molar-refractivity contribution in [1.29, 1.82) is 0 Å². The molecule has 2 nitrogen and oxygen atoms in total. The highest BCUT2D eigenvalue weighted by Crippen LogP contribution is 2.43. The molecule has 4 heteroatoms. The third-order valence-corrected chi connectivity index (χ3v) is 3.82. The highest BCUT2D eigenvalue weighted by molar-refractivity contribution is 5.89. The number of ether oxygens (including phenoxy) is 1. The molecule has 0 heterocycles. The maximum atomic E-state index is 15.1. The zero-order valence-corrected chi connectivity index (χ0v) is 13.4. The Kier molecular flexibility index (Phi) is 5.14. The third-order valence-electron chi connectivity index (χ3n) is 3.82. The van der Waals surface area contributed by atoms with E-state index in [0.29, 0.717) is 5.56 Å². The Labute approximate surface area is 135 Å². The number of hydrogen-bond acceptors (Lipinski definition) is 2. The van der Waals surface area contributed by atoms with E-state index in [1.807, 2.05) is 0 Å². The zero-order chi connectivity index (χ0) is 17.0. The van der Waals surface area contributed by atoms with Crippen molar-refractivity contribution in [3.05, 3.63) is 71.3 Å². The van der Waals surface area contributed by atoms with Crippen molar-refractivity contribution in [2.75, 3.05) is 7.11 Å². The van der Waals surface area contributed by atoms with E-state index >= 15 is 4.39 Å². The molecular weight excluding hydrogens is 298 g/mol. The standard InChI is InChI=1S/C19H20F2O2/c1-19(2,21)16(13-8-5-4-6-9-13)17(20)14-10-7-11-15(12-14)18(22)23-3/h4-12,16-17H,1-3H3/t16-,17-/m1/s1. The number of hydrogen-bond donors (Lipinski definition) is 0. The van der Waals surface area contributed by atoms with Crippen LogP contribution in [0.1, 0.15) is 47.4 Å². The number of halogens is 2. The van der Waals surface area contributed by atoms with Crippen molar-refractivity contribution in [3.8, 4) is 0 Å². The van der Waals surface area contributed by atoms with Crippen molar-refractivity contribution in [2.45, 2.75) is 31.6 Å². The van der Waals surface area contributed by atoms with Crippen molar-refractivity contribution in [1.82, 2.24) is 0 Å². The summed E-state index contributed by atoms with van der Waals surface area (Å²) in [4.78, 5) is 11.6. The minimum absolute atomic E-state index is 0.246. The molecule has 0 fully saturated rings. The van der Waals surface area contributed by atoms with Gasteiger partial charge in [-0.25, -0.2) is 13.6 Å². The quantitative estimate of drug-likeness (QED) is 0.724. The molecule has 2 atom stereocenters. The molecule has 2 aromatic carbocycles. The first kappa shape index (κ1) is 17.1. The van der Waals surface area contributed by atoms with Crippen molar-refractivity contribution in [3.63, 3.8) is 0 Å². The van der Waals surface area contributed by atoms with Crippen LogP contribution in [0.2, 0.25) is 0 Å². The van der Waals surface area contributed by atoms with Crippen LogP contribution in [0, 0.1) is 0 Å². The predicted octanol–water partition coefficient (Wildman–Crippen LogP) is 5.02. The Morgan fingerprint density at radius 1 is 1.04 bits per heavy atom. The van der Waals surface area contributed by atoms with Crippen molar-refractivity contribution < 1.29 is 18.3 Å². The van der Waals surface area contributed by atoms with Gasteiger partial charge in [0.1, 0.15) is 11.8 Å². The number of methoxy groups -OCH3 is 1. The number of benzene rings is 2. The minimum Gasteiger partial charge on any atom is -0.465 e. The molecule has 2 aromatic rings. The van der Waals surface area contributed by atoms with Crippen LogP contribution >= 0.6 is 0 Å². The van der Waals surface area contributed by atoms with Gasteiger partial charge in [-0.2, -0.15) is 0 Å². The summed E-state index contributed by atoms with van der Waals surface area (Å²) < 4.78 is 34.5. The fourth-order valence-corrected chi connectivity index (χ4v) is 2.72. The summed E-state index contributed by atoms with van der Waals surface area (Å²) in [5.41, 5.74) is -0.679. The molecule has 122 valence electrons. The van der Waals surface area contributed by atoms with E-state index in [4.69, 9.17) is 0 Å². The second-order valence-corrected chi connectivity index (χ2v) is 5.97. The van der Waals surface area contributed by atoms with E-state index in [1.54, 1.807) is 48.5 Å². The Balaban J connectivity index is 2.42. The number of alkyl halides is 2. The van der Waals surface area contributed by atoms with Gasteiger partial charge in [0, 0.05) is 0 Å². The fraction of sp³-hybridized carbons (Fsp3) is 0.316. The molecule has 0 aliphatic rings. The van der Waals surface area contributed by atoms with Crippen LogP contribution in [0.3, 0.4) is 0 Å². The molecule has 0 amide bonds. The van der Waals surface area contributed by atoms with Gasteiger partial charge in [-0.1, -0.05) is 42.5 Å². The molecule has 0 radical (unpaired) electrons. The molecule has 0 spiro atoms. The molecule has 0 aromatic heterocycles. The Morgan fingerprint density at radius 2 is 1.65 bits per heavy atom. The lowest BCUT2D eigenvalue weighted by molar-refractivity contribution is 0.0600. The first-order valence-electron chi connectivity index (χ1n) is 7.41. The Morgan fingerprint density at radius 3 is 2.22 bits per heavy atom. The molecule has 0 unspecified atom stereocenters. The lowest BCUT2D eigenvalue weighted by Gasteiger charge is -2.30. The average Bonchev–Trinajstić information content (AvgIpc) is 2.54. The molecule has 2 rings (SSSR count). The van der Waals surface area contributed by atoms with Crippen LogP contribution in [-0.2, 0) is 4.74 Å². The van der Waals surface area contributed by atoms with Crippen LogP contribution in [0.4, 0.5) is 8.78 Å². The molecule has 0 saturated carbocycles. The molecule has 0 aliphatic heterocycles. The largest absolute Gasteiger partial charge is 0.465 e. The monoisotopic (exact) mass is 318 g/mol. The first-order valence-corrected chi connectivity index (χ1v) is 7.41. The van der Waals surface area contributed by atoms with E-state index in [1.165, 1.54) is 27.0 Å². The lowest BCUT2D eigenvalue weighted by atomic mass is 9.80. The van der Waals surface area contributed by atoms with Crippen molar-refractivity contribution in [2.24, 2.45) is 0 Å². The molecule has 0 saturated heterocycles. The third kappa shape index (κ3) is 3.95. The second kappa shape index (κ2) is 6.90. The minimum atomic E-state index is -1.76. The Bertz CT molecular complexity index is 663.